The highest BCUT2D eigenvalue weighted by Gasteiger charge is 2.18. The lowest BCUT2D eigenvalue weighted by atomic mass is 10.3. The largest absolute Gasteiger partial charge is 0.375 e. The molecule has 114 valence electrons. The Hall–Kier alpha value is -2.47. The summed E-state index contributed by atoms with van der Waals surface area (Å²) in [5, 5.41) is 11.0. The van der Waals surface area contributed by atoms with Crippen molar-refractivity contribution in [2.75, 3.05) is 29.9 Å². The Balaban J connectivity index is 1.67. The summed E-state index contributed by atoms with van der Waals surface area (Å²) in [5.74, 6) is 0.506. The van der Waals surface area contributed by atoms with Crippen molar-refractivity contribution < 1.29 is 9.53 Å². The van der Waals surface area contributed by atoms with E-state index in [0.717, 1.165) is 24.6 Å². The summed E-state index contributed by atoms with van der Waals surface area (Å²) in [5.41, 5.74) is 1.04. The monoisotopic (exact) mass is 298 g/mol. The molecule has 0 radical (unpaired) electrons. The number of anilines is 2. The van der Waals surface area contributed by atoms with Crippen molar-refractivity contribution in [3.05, 3.63) is 48.2 Å². The molecule has 0 saturated carbocycles. The van der Waals surface area contributed by atoms with Crippen LogP contribution in [-0.2, 0) is 4.74 Å². The summed E-state index contributed by atoms with van der Waals surface area (Å²) in [6, 6.07) is 12.8. The number of benzene rings is 1. The molecular formula is C16H18N4O2. The second-order valence-corrected chi connectivity index (χ2v) is 5.22. The molecule has 0 bridgehead atoms. The molecule has 1 unspecified atom stereocenters. The number of ether oxygens (including phenoxy) is 1. The van der Waals surface area contributed by atoms with Gasteiger partial charge in [0.2, 0.25) is 0 Å². The first-order valence-electron chi connectivity index (χ1n) is 7.29. The van der Waals surface area contributed by atoms with E-state index in [2.05, 4.69) is 20.4 Å². The third-order valence-corrected chi connectivity index (χ3v) is 3.48. The SMILES string of the molecule is CC1CN(c2ccc(C(=O)Nc3ccccc3)nn2)CCO1. The molecule has 1 aliphatic rings. The number of rotatable bonds is 3. The molecule has 1 amide bonds. The van der Waals surface area contributed by atoms with Crippen molar-refractivity contribution in [2.45, 2.75) is 13.0 Å². The van der Waals surface area contributed by atoms with Gasteiger partial charge in [0.25, 0.3) is 5.91 Å². The van der Waals surface area contributed by atoms with Crippen molar-refractivity contribution in [3.63, 3.8) is 0 Å². The molecule has 1 saturated heterocycles. The van der Waals surface area contributed by atoms with Gasteiger partial charge in [-0.1, -0.05) is 18.2 Å². The van der Waals surface area contributed by atoms with Crippen LogP contribution in [0.1, 0.15) is 17.4 Å². The van der Waals surface area contributed by atoms with E-state index in [0.29, 0.717) is 12.3 Å². The van der Waals surface area contributed by atoms with Crippen LogP contribution in [0.5, 0.6) is 0 Å². The van der Waals surface area contributed by atoms with Gasteiger partial charge in [0, 0.05) is 18.8 Å². The maximum Gasteiger partial charge on any atom is 0.276 e. The maximum atomic E-state index is 12.1. The number of nitrogens with one attached hydrogen (secondary N) is 1. The Morgan fingerprint density at radius 1 is 1.23 bits per heavy atom. The van der Waals surface area contributed by atoms with Gasteiger partial charge in [-0.3, -0.25) is 4.79 Å². The van der Waals surface area contributed by atoms with E-state index >= 15 is 0 Å². The van der Waals surface area contributed by atoms with E-state index in [4.69, 9.17) is 4.74 Å². The quantitative estimate of drug-likeness (QED) is 0.938. The van der Waals surface area contributed by atoms with Crippen molar-refractivity contribution in [2.24, 2.45) is 0 Å². The normalized spacial score (nSPS) is 18.0. The molecule has 3 rings (SSSR count). The van der Waals surface area contributed by atoms with Crippen LogP contribution in [0.15, 0.2) is 42.5 Å². The number of carbonyl (C=O) groups is 1. The van der Waals surface area contributed by atoms with Crippen molar-refractivity contribution in [1.82, 2.24) is 10.2 Å². The fourth-order valence-corrected chi connectivity index (χ4v) is 2.36. The van der Waals surface area contributed by atoms with E-state index in [9.17, 15) is 4.79 Å². The second-order valence-electron chi connectivity index (χ2n) is 5.22. The summed E-state index contributed by atoms with van der Waals surface area (Å²) in [6.07, 6.45) is 0.177. The van der Waals surface area contributed by atoms with Crippen LogP contribution in [0.25, 0.3) is 0 Å². The number of amides is 1. The average molecular weight is 298 g/mol. The second kappa shape index (κ2) is 6.53. The van der Waals surface area contributed by atoms with Gasteiger partial charge in [0.1, 0.15) is 0 Å². The number of hydrogen-bond acceptors (Lipinski definition) is 5. The van der Waals surface area contributed by atoms with E-state index in [1.165, 1.54) is 0 Å². The van der Waals surface area contributed by atoms with Crippen LogP contribution < -0.4 is 10.2 Å². The van der Waals surface area contributed by atoms with Gasteiger partial charge in [-0.2, -0.15) is 0 Å². The third-order valence-electron chi connectivity index (χ3n) is 3.48. The van der Waals surface area contributed by atoms with Crippen molar-refractivity contribution >= 4 is 17.4 Å². The topological polar surface area (TPSA) is 67.4 Å². The third kappa shape index (κ3) is 3.40. The predicted molar refractivity (Wildman–Crippen MR) is 84.1 cm³/mol. The predicted octanol–water partition coefficient (Wildman–Crippen LogP) is 1.95. The van der Waals surface area contributed by atoms with Crippen molar-refractivity contribution in [1.29, 1.82) is 0 Å². The molecule has 1 aromatic carbocycles. The average Bonchev–Trinajstić information content (AvgIpc) is 2.56. The van der Waals surface area contributed by atoms with Crippen LogP contribution in [0.2, 0.25) is 0 Å². The minimum Gasteiger partial charge on any atom is -0.375 e. The first-order valence-corrected chi connectivity index (χ1v) is 7.29. The summed E-state index contributed by atoms with van der Waals surface area (Å²) in [6.45, 7) is 4.28. The minimum atomic E-state index is -0.263. The van der Waals surface area contributed by atoms with Crippen LogP contribution in [-0.4, -0.2) is 41.9 Å². The number of para-hydroxylation sites is 1. The minimum absolute atomic E-state index is 0.177. The van der Waals surface area contributed by atoms with Gasteiger partial charge >= 0.3 is 0 Å². The molecule has 22 heavy (non-hydrogen) atoms. The van der Waals surface area contributed by atoms with E-state index in [-0.39, 0.29) is 12.0 Å². The standard InChI is InChI=1S/C16H18N4O2/c1-12-11-20(9-10-22-12)15-8-7-14(18-19-15)16(21)17-13-5-3-2-4-6-13/h2-8,12H,9-11H2,1H3,(H,17,21). The zero-order chi connectivity index (χ0) is 15.4. The Morgan fingerprint density at radius 3 is 2.73 bits per heavy atom. The number of carbonyl (C=O) groups excluding carboxylic acids is 1. The molecule has 6 nitrogen and oxygen atoms in total. The van der Waals surface area contributed by atoms with Gasteiger partial charge in [-0.25, -0.2) is 0 Å². The van der Waals surface area contributed by atoms with Gasteiger partial charge in [0.15, 0.2) is 11.5 Å². The molecule has 1 fully saturated rings. The lowest BCUT2D eigenvalue weighted by Crippen LogP contribution is -2.41. The lowest BCUT2D eigenvalue weighted by molar-refractivity contribution is 0.0528. The molecular weight excluding hydrogens is 280 g/mol. The van der Waals surface area contributed by atoms with E-state index in [1.807, 2.05) is 43.3 Å². The molecule has 1 aliphatic heterocycles. The fourth-order valence-electron chi connectivity index (χ4n) is 2.36. The number of nitrogens with zero attached hydrogens (tertiary/aromatic N) is 3. The molecule has 1 atom stereocenters. The van der Waals surface area contributed by atoms with Crippen LogP contribution in [0, 0.1) is 0 Å². The van der Waals surface area contributed by atoms with Crippen LogP contribution in [0.3, 0.4) is 0 Å². The summed E-state index contributed by atoms with van der Waals surface area (Å²) < 4.78 is 5.50. The number of morpholine rings is 1. The fraction of sp³-hybridized carbons (Fsp3) is 0.312. The summed E-state index contributed by atoms with van der Waals surface area (Å²) in [4.78, 5) is 14.2. The van der Waals surface area contributed by atoms with Gasteiger partial charge in [-0.05, 0) is 31.2 Å². The Kier molecular flexibility index (Phi) is 4.29. The highest BCUT2D eigenvalue weighted by atomic mass is 16.5. The highest BCUT2D eigenvalue weighted by molar-refractivity contribution is 6.02. The van der Waals surface area contributed by atoms with E-state index in [1.54, 1.807) is 6.07 Å². The smallest absolute Gasteiger partial charge is 0.276 e. The van der Waals surface area contributed by atoms with Crippen LogP contribution in [0.4, 0.5) is 11.5 Å². The first-order chi connectivity index (χ1) is 10.7. The number of hydrogen-bond donors (Lipinski definition) is 1. The zero-order valence-electron chi connectivity index (χ0n) is 12.4. The maximum absolute atomic E-state index is 12.1. The highest BCUT2D eigenvalue weighted by Crippen LogP contribution is 2.15. The van der Waals surface area contributed by atoms with Gasteiger partial charge < -0.3 is 15.0 Å². The zero-order valence-corrected chi connectivity index (χ0v) is 12.4. The van der Waals surface area contributed by atoms with Crippen molar-refractivity contribution in [3.8, 4) is 0 Å². The molecule has 1 N–H and O–H groups in total. The summed E-state index contributed by atoms with van der Waals surface area (Å²) in [7, 11) is 0. The first kappa shape index (κ1) is 14.5. The van der Waals surface area contributed by atoms with Crippen LogP contribution >= 0.6 is 0 Å². The molecule has 1 aromatic heterocycles. The Morgan fingerprint density at radius 2 is 2.05 bits per heavy atom. The van der Waals surface area contributed by atoms with E-state index < -0.39 is 0 Å². The Labute approximate surface area is 129 Å². The molecule has 6 heteroatoms. The number of aromatic nitrogens is 2. The lowest BCUT2D eigenvalue weighted by Gasteiger charge is -2.31. The molecule has 2 aromatic rings. The molecule has 0 aliphatic carbocycles. The van der Waals surface area contributed by atoms with Gasteiger partial charge in [0.05, 0.1) is 12.7 Å². The summed E-state index contributed by atoms with van der Waals surface area (Å²) >= 11 is 0. The van der Waals surface area contributed by atoms with Gasteiger partial charge in [-0.15, -0.1) is 10.2 Å². The molecule has 0 spiro atoms. The molecule has 2 heterocycles. The Bertz CT molecular complexity index is 630.